The summed E-state index contributed by atoms with van der Waals surface area (Å²) >= 11 is 3.27. The average molecular weight is 373 g/mol. The first-order valence-electron chi connectivity index (χ1n) is 7.98. The van der Waals surface area contributed by atoms with Gasteiger partial charge in [0.15, 0.2) is 0 Å². The fourth-order valence-corrected chi connectivity index (χ4v) is 4.35. The van der Waals surface area contributed by atoms with Crippen LogP contribution in [-0.2, 0) is 11.3 Å². The number of nitrogens with zero attached hydrogens (tertiary/aromatic N) is 1. The van der Waals surface area contributed by atoms with Crippen LogP contribution in [0.1, 0.15) is 25.8 Å². The molecule has 6 heteroatoms. The van der Waals surface area contributed by atoms with Crippen molar-refractivity contribution in [2.45, 2.75) is 42.0 Å². The molecule has 0 unspecified atom stereocenters. The first-order chi connectivity index (χ1) is 11.9. The Bertz CT molecular complexity index is 879. The van der Waals surface area contributed by atoms with Gasteiger partial charge in [0.2, 0.25) is 0 Å². The third kappa shape index (κ3) is 4.96. The van der Waals surface area contributed by atoms with E-state index >= 15 is 0 Å². The minimum atomic E-state index is -0.498. The third-order valence-electron chi connectivity index (χ3n) is 3.28. The number of ether oxygens (including phenoxy) is 1. The number of hydrogen-bond donors (Lipinski definition) is 1. The van der Waals surface area contributed by atoms with Crippen LogP contribution >= 0.6 is 23.1 Å². The van der Waals surface area contributed by atoms with Crippen LogP contribution in [0.4, 0.5) is 4.79 Å². The number of carbonyl (C=O) groups excluding carboxylic acids is 1. The van der Waals surface area contributed by atoms with Crippen molar-refractivity contribution in [2.75, 3.05) is 0 Å². The average Bonchev–Trinajstić information content (AvgIpc) is 2.99. The number of rotatable bonds is 4. The van der Waals surface area contributed by atoms with E-state index in [0.717, 1.165) is 9.22 Å². The zero-order valence-corrected chi connectivity index (χ0v) is 16.0. The van der Waals surface area contributed by atoms with Crippen LogP contribution in [0.5, 0.6) is 0 Å². The number of thiazole rings is 1. The highest BCUT2D eigenvalue weighted by Gasteiger charge is 2.16. The Balaban J connectivity index is 1.65. The summed E-state index contributed by atoms with van der Waals surface area (Å²) in [5.74, 6) is 0. The number of carbonyl (C=O) groups is 1. The van der Waals surface area contributed by atoms with Gasteiger partial charge >= 0.3 is 6.09 Å². The molecular weight excluding hydrogens is 352 g/mol. The van der Waals surface area contributed by atoms with Gasteiger partial charge in [0.1, 0.15) is 10.6 Å². The van der Waals surface area contributed by atoms with E-state index in [1.807, 2.05) is 33.0 Å². The molecule has 3 rings (SSSR count). The fraction of sp³-hybridized carbons (Fsp3) is 0.263. The quantitative estimate of drug-likeness (QED) is 0.659. The van der Waals surface area contributed by atoms with E-state index in [2.05, 4.69) is 46.7 Å². The lowest BCUT2D eigenvalue weighted by molar-refractivity contribution is 0.0523. The Kier molecular flexibility index (Phi) is 5.30. The molecule has 0 saturated heterocycles. The van der Waals surface area contributed by atoms with Gasteiger partial charge in [-0.2, -0.15) is 0 Å². The maximum Gasteiger partial charge on any atom is 0.408 e. The molecule has 2 aromatic carbocycles. The first kappa shape index (κ1) is 17.8. The molecule has 1 amide bonds. The summed E-state index contributed by atoms with van der Waals surface area (Å²) in [5, 5.41) is 6.05. The molecule has 0 saturated carbocycles. The van der Waals surface area contributed by atoms with E-state index in [-0.39, 0.29) is 0 Å². The number of benzene rings is 2. The Morgan fingerprint density at radius 3 is 2.76 bits per heavy atom. The number of amides is 1. The normalized spacial score (nSPS) is 11.5. The van der Waals surface area contributed by atoms with Crippen molar-refractivity contribution < 1.29 is 9.53 Å². The van der Waals surface area contributed by atoms with Crippen LogP contribution < -0.4 is 5.32 Å². The molecule has 0 atom stereocenters. The Hall–Kier alpha value is -2.05. The number of alkyl carbamates (subject to hydrolysis) is 1. The molecule has 4 nitrogen and oxygen atoms in total. The van der Waals surface area contributed by atoms with Crippen molar-refractivity contribution in [1.29, 1.82) is 0 Å². The first-order valence-corrected chi connectivity index (χ1v) is 9.61. The number of nitrogens with one attached hydrogen (secondary N) is 1. The van der Waals surface area contributed by atoms with Gasteiger partial charge < -0.3 is 10.1 Å². The highest BCUT2D eigenvalue weighted by molar-refractivity contribution is 8.01. The van der Waals surface area contributed by atoms with Crippen LogP contribution in [0.2, 0.25) is 0 Å². The van der Waals surface area contributed by atoms with Gasteiger partial charge in [-0.25, -0.2) is 9.78 Å². The summed E-state index contributed by atoms with van der Waals surface area (Å²) in [5.41, 5.74) is -0.498. The van der Waals surface area contributed by atoms with Crippen LogP contribution in [-0.4, -0.2) is 16.7 Å². The standard InChI is InChI=1S/C19H20N2O2S2/c1-19(2,3)23-18(22)21-11-16-20-12-17(25-16)24-15-10-6-8-13-7-4-5-9-14(13)15/h4-10,12H,11H2,1-3H3,(H,21,22). The van der Waals surface area contributed by atoms with Gasteiger partial charge in [-0.05, 0) is 37.6 Å². The van der Waals surface area contributed by atoms with Crippen molar-refractivity contribution >= 4 is 40.0 Å². The molecule has 130 valence electrons. The molecule has 25 heavy (non-hydrogen) atoms. The van der Waals surface area contributed by atoms with E-state index in [0.29, 0.717) is 6.54 Å². The second kappa shape index (κ2) is 7.45. The number of hydrogen-bond acceptors (Lipinski definition) is 5. The largest absolute Gasteiger partial charge is 0.444 e. The second-order valence-corrected chi connectivity index (χ2v) is 8.97. The van der Waals surface area contributed by atoms with Gasteiger partial charge in [0, 0.05) is 4.90 Å². The summed E-state index contributed by atoms with van der Waals surface area (Å²) in [6.45, 7) is 5.90. The summed E-state index contributed by atoms with van der Waals surface area (Å²) in [7, 11) is 0. The number of aromatic nitrogens is 1. The third-order valence-corrected chi connectivity index (χ3v) is 5.45. The summed E-state index contributed by atoms with van der Waals surface area (Å²) in [4.78, 5) is 17.3. The van der Waals surface area contributed by atoms with E-state index < -0.39 is 11.7 Å². The highest BCUT2D eigenvalue weighted by atomic mass is 32.2. The van der Waals surface area contributed by atoms with Crippen molar-refractivity contribution in [3.8, 4) is 0 Å². The second-order valence-electron chi connectivity index (χ2n) is 6.51. The van der Waals surface area contributed by atoms with Crippen molar-refractivity contribution in [1.82, 2.24) is 10.3 Å². The van der Waals surface area contributed by atoms with Crippen LogP contribution in [0.15, 0.2) is 57.8 Å². The Morgan fingerprint density at radius 2 is 1.96 bits per heavy atom. The van der Waals surface area contributed by atoms with E-state index in [1.54, 1.807) is 23.1 Å². The Morgan fingerprint density at radius 1 is 1.20 bits per heavy atom. The van der Waals surface area contributed by atoms with Crippen molar-refractivity contribution in [2.24, 2.45) is 0 Å². The summed E-state index contributed by atoms with van der Waals surface area (Å²) < 4.78 is 6.33. The monoisotopic (exact) mass is 372 g/mol. The molecule has 0 aliphatic rings. The molecule has 0 radical (unpaired) electrons. The SMILES string of the molecule is CC(C)(C)OC(=O)NCc1ncc(Sc2cccc3ccccc23)s1. The maximum absolute atomic E-state index is 11.7. The van der Waals surface area contributed by atoms with Crippen LogP contribution in [0.25, 0.3) is 10.8 Å². The fourth-order valence-electron chi connectivity index (χ4n) is 2.28. The summed E-state index contributed by atoms with van der Waals surface area (Å²) in [6, 6.07) is 14.6. The Labute approximate surface area is 155 Å². The molecule has 0 spiro atoms. The van der Waals surface area contributed by atoms with Gasteiger partial charge in [0.25, 0.3) is 0 Å². The highest BCUT2D eigenvalue weighted by Crippen LogP contribution is 2.36. The van der Waals surface area contributed by atoms with Crippen LogP contribution in [0, 0.1) is 0 Å². The lowest BCUT2D eigenvalue weighted by atomic mass is 10.1. The molecule has 1 N–H and O–H groups in total. The molecule has 0 aliphatic heterocycles. The lowest BCUT2D eigenvalue weighted by Gasteiger charge is -2.19. The molecular formula is C19H20N2O2S2. The van der Waals surface area contributed by atoms with Gasteiger partial charge in [-0.15, -0.1) is 11.3 Å². The zero-order valence-electron chi connectivity index (χ0n) is 14.4. The van der Waals surface area contributed by atoms with Crippen molar-refractivity contribution in [3.05, 3.63) is 53.7 Å². The van der Waals surface area contributed by atoms with Gasteiger partial charge in [-0.1, -0.05) is 48.2 Å². The van der Waals surface area contributed by atoms with E-state index in [9.17, 15) is 4.79 Å². The molecule has 1 heterocycles. The maximum atomic E-state index is 11.7. The predicted octanol–water partition coefficient (Wildman–Crippen LogP) is 5.47. The molecule has 0 aliphatic carbocycles. The summed E-state index contributed by atoms with van der Waals surface area (Å²) in [6.07, 6.45) is 1.43. The zero-order chi connectivity index (χ0) is 17.9. The number of fused-ring (bicyclic) bond motifs is 1. The molecule has 1 aromatic heterocycles. The molecule has 0 fully saturated rings. The smallest absolute Gasteiger partial charge is 0.408 e. The molecule has 3 aromatic rings. The predicted molar refractivity (Wildman–Crippen MR) is 103 cm³/mol. The van der Waals surface area contributed by atoms with Gasteiger partial charge in [0.05, 0.1) is 17.0 Å². The van der Waals surface area contributed by atoms with E-state index in [4.69, 9.17) is 4.74 Å². The minimum Gasteiger partial charge on any atom is -0.444 e. The van der Waals surface area contributed by atoms with Gasteiger partial charge in [-0.3, -0.25) is 0 Å². The topological polar surface area (TPSA) is 51.2 Å². The molecule has 0 bridgehead atoms. The van der Waals surface area contributed by atoms with E-state index in [1.165, 1.54) is 15.7 Å². The van der Waals surface area contributed by atoms with Crippen molar-refractivity contribution in [3.63, 3.8) is 0 Å². The minimum absolute atomic E-state index is 0.371. The van der Waals surface area contributed by atoms with Crippen LogP contribution in [0.3, 0.4) is 0 Å². The lowest BCUT2D eigenvalue weighted by Crippen LogP contribution is -2.32.